The fourth-order valence-electron chi connectivity index (χ4n) is 2.83. The molecule has 5 nitrogen and oxygen atoms in total. The van der Waals surface area contributed by atoms with Gasteiger partial charge in [0, 0.05) is 44.0 Å². The fourth-order valence-corrected chi connectivity index (χ4v) is 2.83. The third kappa shape index (κ3) is 5.64. The number of rotatable bonds is 7. The first-order valence-electron chi connectivity index (χ1n) is 8.80. The topological polar surface area (TPSA) is 52.7 Å². The zero-order valence-corrected chi connectivity index (χ0v) is 15.0. The van der Waals surface area contributed by atoms with Gasteiger partial charge < -0.3 is 10.2 Å². The Bertz CT molecular complexity index is 546. The van der Waals surface area contributed by atoms with E-state index in [9.17, 15) is 9.59 Å². The first-order chi connectivity index (χ1) is 11.5. The molecule has 0 aromatic heterocycles. The fraction of sp³-hybridized carbons (Fsp3) is 0.579. The lowest BCUT2D eigenvalue weighted by atomic mass is 10.1. The molecule has 0 saturated carbocycles. The summed E-state index contributed by atoms with van der Waals surface area (Å²) in [5.74, 6) is 0.827. The Morgan fingerprint density at radius 3 is 2.25 bits per heavy atom. The Morgan fingerprint density at radius 2 is 1.71 bits per heavy atom. The smallest absolute Gasteiger partial charge is 0.234 e. The first kappa shape index (κ1) is 18.5. The molecule has 2 rings (SSSR count). The SMILES string of the molecule is CC(=O)c1ccc(N2CCN(CC(=O)NCCC(C)C)CC2)cc1. The van der Waals surface area contributed by atoms with Crippen LogP contribution < -0.4 is 10.2 Å². The predicted molar refractivity (Wildman–Crippen MR) is 97.6 cm³/mol. The van der Waals surface area contributed by atoms with E-state index >= 15 is 0 Å². The highest BCUT2D eigenvalue weighted by molar-refractivity contribution is 5.94. The molecule has 0 bridgehead atoms. The molecule has 1 aromatic carbocycles. The van der Waals surface area contributed by atoms with E-state index in [2.05, 4.69) is 29.0 Å². The van der Waals surface area contributed by atoms with Crippen LogP contribution in [0, 0.1) is 5.92 Å². The summed E-state index contributed by atoms with van der Waals surface area (Å²) >= 11 is 0. The third-order valence-corrected chi connectivity index (χ3v) is 4.42. The second-order valence-corrected chi connectivity index (χ2v) is 6.90. The molecule has 0 spiro atoms. The molecule has 1 saturated heterocycles. The predicted octanol–water partition coefficient (Wildman–Crippen LogP) is 2.17. The van der Waals surface area contributed by atoms with Gasteiger partial charge in [-0.05, 0) is 43.5 Å². The van der Waals surface area contributed by atoms with E-state index in [0.717, 1.165) is 50.4 Å². The lowest BCUT2D eigenvalue weighted by Gasteiger charge is -2.35. The molecule has 0 radical (unpaired) electrons. The molecule has 1 aromatic rings. The zero-order chi connectivity index (χ0) is 17.5. The van der Waals surface area contributed by atoms with Gasteiger partial charge in [-0.25, -0.2) is 0 Å². The van der Waals surface area contributed by atoms with Crippen molar-refractivity contribution < 1.29 is 9.59 Å². The highest BCUT2D eigenvalue weighted by Crippen LogP contribution is 2.17. The van der Waals surface area contributed by atoms with Gasteiger partial charge in [0.25, 0.3) is 0 Å². The molecule has 1 aliphatic heterocycles. The number of amides is 1. The Morgan fingerprint density at radius 1 is 1.08 bits per heavy atom. The second-order valence-electron chi connectivity index (χ2n) is 6.90. The minimum Gasteiger partial charge on any atom is -0.369 e. The van der Waals surface area contributed by atoms with Crippen molar-refractivity contribution in [3.63, 3.8) is 0 Å². The summed E-state index contributed by atoms with van der Waals surface area (Å²) < 4.78 is 0. The van der Waals surface area contributed by atoms with E-state index in [4.69, 9.17) is 0 Å². The highest BCUT2D eigenvalue weighted by atomic mass is 16.2. The van der Waals surface area contributed by atoms with Crippen molar-refractivity contribution in [3.05, 3.63) is 29.8 Å². The van der Waals surface area contributed by atoms with Gasteiger partial charge in [0.2, 0.25) is 5.91 Å². The van der Waals surface area contributed by atoms with Crippen LogP contribution in [0.1, 0.15) is 37.6 Å². The Balaban J connectivity index is 1.74. The summed E-state index contributed by atoms with van der Waals surface area (Å²) in [5, 5.41) is 2.99. The maximum atomic E-state index is 11.9. The van der Waals surface area contributed by atoms with Gasteiger partial charge in [0.15, 0.2) is 5.78 Å². The summed E-state index contributed by atoms with van der Waals surface area (Å²) in [6.07, 6.45) is 1.02. The van der Waals surface area contributed by atoms with Crippen molar-refractivity contribution in [1.29, 1.82) is 0 Å². The highest BCUT2D eigenvalue weighted by Gasteiger charge is 2.19. The lowest BCUT2D eigenvalue weighted by molar-refractivity contribution is -0.122. The molecule has 1 fully saturated rings. The number of benzene rings is 1. The van der Waals surface area contributed by atoms with Gasteiger partial charge in [-0.1, -0.05) is 13.8 Å². The van der Waals surface area contributed by atoms with E-state index in [1.807, 2.05) is 24.3 Å². The number of ketones is 1. The molecule has 24 heavy (non-hydrogen) atoms. The summed E-state index contributed by atoms with van der Waals surface area (Å²) in [5.41, 5.74) is 1.89. The summed E-state index contributed by atoms with van der Waals surface area (Å²) in [4.78, 5) is 27.8. The number of anilines is 1. The average Bonchev–Trinajstić information content (AvgIpc) is 2.55. The van der Waals surface area contributed by atoms with Crippen molar-refractivity contribution in [2.75, 3.05) is 44.2 Å². The molecule has 0 atom stereocenters. The summed E-state index contributed by atoms with van der Waals surface area (Å²) in [6, 6.07) is 7.77. The molecule has 1 aliphatic rings. The quantitative estimate of drug-likeness (QED) is 0.778. The van der Waals surface area contributed by atoms with Crippen molar-refractivity contribution in [2.45, 2.75) is 27.2 Å². The summed E-state index contributed by atoms with van der Waals surface area (Å²) in [6.45, 7) is 10.7. The van der Waals surface area contributed by atoms with Crippen molar-refractivity contribution in [1.82, 2.24) is 10.2 Å². The minimum atomic E-state index is 0.0925. The van der Waals surface area contributed by atoms with Crippen LogP contribution in [0.2, 0.25) is 0 Å². The average molecular weight is 331 g/mol. The van der Waals surface area contributed by atoms with Gasteiger partial charge in [0.1, 0.15) is 0 Å². The number of piperazine rings is 1. The van der Waals surface area contributed by atoms with Crippen molar-refractivity contribution >= 4 is 17.4 Å². The Hall–Kier alpha value is -1.88. The van der Waals surface area contributed by atoms with Gasteiger partial charge in [0.05, 0.1) is 6.54 Å². The number of nitrogens with zero attached hydrogens (tertiary/aromatic N) is 2. The molecular formula is C19H29N3O2. The van der Waals surface area contributed by atoms with Crippen LogP contribution >= 0.6 is 0 Å². The molecule has 1 amide bonds. The number of hydrogen-bond acceptors (Lipinski definition) is 4. The summed E-state index contributed by atoms with van der Waals surface area (Å²) in [7, 11) is 0. The Kier molecular flexibility index (Phi) is 6.79. The zero-order valence-electron chi connectivity index (χ0n) is 15.0. The van der Waals surface area contributed by atoms with Crippen LogP contribution in [0.3, 0.4) is 0 Å². The number of carbonyl (C=O) groups excluding carboxylic acids is 2. The standard InChI is InChI=1S/C19H29N3O2/c1-15(2)8-9-20-19(24)14-21-10-12-22(13-11-21)18-6-4-17(5-7-18)16(3)23/h4-7,15H,8-14H2,1-3H3,(H,20,24). The van der Waals surface area contributed by atoms with Crippen LogP contribution in [0.4, 0.5) is 5.69 Å². The maximum absolute atomic E-state index is 11.9. The molecule has 1 heterocycles. The van der Waals surface area contributed by atoms with Gasteiger partial charge in [-0.15, -0.1) is 0 Å². The number of hydrogen-bond donors (Lipinski definition) is 1. The van der Waals surface area contributed by atoms with Crippen LogP contribution in [-0.2, 0) is 4.79 Å². The van der Waals surface area contributed by atoms with Gasteiger partial charge >= 0.3 is 0 Å². The number of nitrogens with one attached hydrogen (secondary N) is 1. The largest absolute Gasteiger partial charge is 0.369 e. The van der Waals surface area contributed by atoms with Crippen LogP contribution in [0.15, 0.2) is 24.3 Å². The van der Waals surface area contributed by atoms with Crippen molar-refractivity contribution in [2.24, 2.45) is 5.92 Å². The monoisotopic (exact) mass is 331 g/mol. The van der Waals surface area contributed by atoms with E-state index in [0.29, 0.717) is 12.5 Å². The maximum Gasteiger partial charge on any atom is 0.234 e. The number of carbonyl (C=O) groups is 2. The van der Waals surface area contributed by atoms with Crippen LogP contribution in [0.25, 0.3) is 0 Å². The molecule has 5 heteroatoms. The second kappa shape index (κ2) is 8.83. The van der Waals surface area contributed by atoms with E-state index in [-0.39, 0.29) is 11.7 Å². The van der Waals surface area contributed by atoms with Gasteiger partial charge in [-0.3, -0.25) is 14.5 Å². The normalized spacial score (nSPS) is 15.6. The first-order valence-corrected chi connectivity index (χ1v) is 8.80. The Labute approximate surface area is 145 Å². The third-order valence-electron chi connectivity index (χ3n) is 4.42. The van der Waals surface area contributed by atoms with E-state index < -0.39 is 0 Å². The van der Waals surface area contributed by atoms with Gasteiger partial charge in [-0.2, -0.15) is 0 Å². The van der Waals surface area contributed by atoms with Crippen molar-refractivity contribution in [3.8, 4) is 0 Å². The van der Waals surface area contributed by atoms with Crippen LogP contribution in [-0.4, -0.2) is 55.9 Å². The molecule has 0 aliphatic carbocycles. The lowest BCUT2D eigenvalue weighted by Crippen LogP contribution is -2.49. The molecule has 1 N–H and O–H groups in total. The molecule has 132 valence electrons. The van der Waals surface area contributed by atoms with E-state index in [1.165, 1.54) is 0 Å². The molecular weight excluding hydrogens is 302 g/mol. The van der Waals surface area contributed by atoms with E-state index in [1.54, 1.807) is 6.92 Å². The minimum absolute atomic E-state index is 0.0925. The number of Topliss-reactive ketones (excluding diaryl/α,β-unsaturated/α-hetero) is 1. The van der Waals surface area contributed by atoms with Crippen LogP contribution in [0.5, 0.6) is 0 Å². The molecule has 0 unspecified atom stereocenters.